The fourth-order valence-electron chi connectivity index (χ4n) is 1.99. The third kappa shape index (κ3) is 3.82. The summed E-state index contributed by atoms with van der Waals surface area (Å²) in [5, 5.41) is 3.42. The van der Waals surface area contributed by atoms with Gasteiger partial charge in [-0.25, -0.2) is 13.4 Å². The first-order valence-corrected chi connectivity index (χ1v) is 8.97. The maximum absolute atomic E-state index is 13.0. The minimum Gasteiger partial charge on any atom is -0.405 e. The maximum atomic E-state index is 13.0. The largest absolute Gasteiger partial charge is 0.453 e. The van der Waals surface area contributed by atoms with Crippen molar-refractivity contribution in [2.75, 3.05) is 6.26 Å². The molecule has 0 bridgehead atoms. The second-order valence-electron chi connectivity index (χ2n) is 5.16. The first-order valence-electron chi connectivity index (χ1n) is 7.08. The van der Waals surface area contributed by atoms with Crippen molar-refractivity contribution < 1.29 is 26.3 Å². The van der Waals surface area contributed by atoms with Gasteiger partial charge in [-0.1, -0.05) is 6.07 Å². The second-order valence-corrected chi connectivity index (χ2v) is 7.18. The van der Waals surface area contributed by atoms with E-state index in [1.807, 2.05) is 0 Å². The van der Waals surface area contributed by atoms with E-state index in [4.69, 9.17) is 4.74 Å². The molecule has 0 saturated carbocycles. The predicted molar refractivity (Wildman–Crippen MR) is 83.8 cm³/mol. The smallest absolute Gasteiger partial charge is 0.405 e. The molecule has 0 aliphatic carbocycles. The lowest BCUT2D eigenvalue weighted by Crippen LogP contribution is -2.08. The number of hydrogen-bond donors (Lipinski definition) is 0. The number of rotatable bonds is 4. The number of nitrogens with zero attached hydrogens (tertiary/aromatic N) is 4. The molecule has 7 nitrogen and oxygen atoms in total. The molecule has 0 amide bonds. The van der Waals surface area contributed by atoms with Gasteiger partial charge in [-0.15, -0.1) is 5.10 Å². The molecule has 2 heterocycles. The van der Waals surface area contributed by atoms with E-state index >= 15 is 0 Å². The number of halogens is 3. The number of sulfone groups is 1. The highest BCUT2D eigenvalue weighted by molar-refractivity contribution is 7.90. The van der Waals surface area contributed by atoms with Gasteiger partial charge in [0.05, 0.1) is 10.6 Å². The zero-order chi connectivity index (χ0) is 18.9. The summed E-state index contributed by atoms with van der Waals surface area (Å²) in [7, 11) is -3.45. The molecule has 3 rings (SSSR count). The van der Waals surface area contributed by atoms with Gasteiger partial charge in [0.15, 0.2) is 9.84 Å². The Kier molecular flexibility index (Phi) is 4.40. The SMILES string of the molecule is CS(=O)(=O)c1ccc(-n2nc(C(F)(F)F)nc2Oc2ccccn2)cc1. The van der Waals surface area contributed by atoms with Gasteiger partial charge in [0.25, 0.3) is 5.82 Å². The molecule has 0 fully saturated rings. The van der Waals surface area contributed by atoms with Crippen LogP contribution in [0.2, 0.25) is 0 Å². The highest BCUT2D eigenvalue weighted by atomic mass is 32.2. The highest BCUT2D eigenvalue weighted by Gasteiger charge is 2.38. The van der Waals surface area contributed by atoms with E-state index < -0.39 is 27.8 Å². The van der Waals surface area contributed by atoms with Crippen LogP contribution in [-0.2, 0) is 16.0 Å². The summed E-state index contributed by atoms with van der Waals surface area (Å²) in [6.07, 6.45) is -2.35. The molecule has 0 atom stereocenters. The van der Waals surface area contributed by atoms with Crippen LogP contribution in [0.1, 0.15) is 5.82 Å². The van der Waals surface area contributed by atoms with Crippen LogP contribution in [0.3, 0.4) is 0 Å². The molecule has 0 radical (unpaired) electrons. The molecule has 0 aliphatic heterocycles. The van der Waals surface area contributed by atoms with Crippen molar-refractivity contribution >= 4 is 9.84 Å². The summed E-state index contributed by atoms with van der Waals surface area (Å²) in [4.78, 5) is 7.25. The van der Waals surface area contributed by atoms with Crippen molar-refractivity contribution in [2.24, 2.45) is 0 Å². The molecule has 26 heavy (non-hydrogen) atoms. The number of hydrogen-bond acceptors (Lipinski definition) is 6. The zero-order valence-corrected chi connectivity index (χ0v) is 14.0. The minimum atomic E-state index is -4.78. The summed E-state index contributed by atoms with van der Waals surface area (Å²) in [5.41, 5.74) is 0.145. The maximum Gasteiger partial charge on any atom is 0.453 e. The Bertz CT molecular complexity index is 1020. The van der Waals surface area contributed by atoms with E-state index in [1.165, 1.54) is 36.5 Å². The normalized spacial score (nSPS) is 12.2. The van der Waals surface area contributed by atoms with E-state index in [9.17, 15) is 21.6 Å². The Morgan fingerprint density at radius 3 is 2.31 bits per heavy atom. The second kappa shape index (κ2) is 6.41. The van der Waals surface area contributed by atoms with Crippen molar-refractivity contribution in [1.82, 2.24) is 19.7 Å². The quantitative estimate of drug-likeness (QED) is 0.687. The third-order valence-corrected chi connectivity index (χ3v) is 4.30. The van der Waals surface area contributed by atoms with Crippen molar-refractivity contribution in [3.8, 4) is 17.6 Å². The number of pyridine rings is 1. The zero-order valence-electron chi connectivity index (χ0n) is 13.2. The first-order chi connectivity index (χ1) is 12.1. The van der Waals surface area contributed by atoms with Gasteiger partial charge in [0.2, 0.25) is 5.88 Å². The molecule has 136 valence electrons. The molecule has 0 N–H and O–H groups in total. The summed E-state index contributed by atoms with van der Waals surface area (Å²) in [5.74, 6) is -1.36. The summed E-state index contributed by atoms with van der Waals surface area (Å²) < 4.78 is 68.0. The fourth-order valence-corrected chi connectivity index (χ4v) is 2.62. The third-order valence-electron chi connectivity index (χ3n) is 3.17. The van der Waals surface area contributed by atoms with Gasteiger partial charge >= 0.3 is 12.2 Å². The van der Waals surface area contributed by atoms with Crippen molar-refractivity contribution in [3.05, 3.63) is 54.5 Å². The van der Waals surface area contributed by atoms with E-state index in [-0.39, 0.29) is 16.5 Å². The minimum absolute atomic E-state index is 0.0182. The molecule has 2 aromatic heterocycles. The number of benzene rings is 1. The Balaban J connectivity index is 2.06. The van der Waals surface area contributed by atoms with Crippen LogP contribution in [0.25, 0.3) is 5.69 Å². The summed E-state index contributed by atoms with van der Waals surface area (Å²) >= 11 is 0. The Labute approximate surface area is 146 Å². The van der Waals surface area contributed by atoms with E-state index in [0.717, 1.165) is 10.9 Å². The molecule has 0 aliphatic rings. The number of ether oxygens (including phenoxy) is 1. The van der Waals surface area contributed by atoms with Crippen molar-refractivity contribution in [2.45, 2.75) is 11.1 Å². The molecule has 11 heteroatoms. The van der Waals surface area contributed by atoms with Crippen LogP contribution < -0.4 is 4.74 Å². The first kappa shape index (κ1) is 17.9. The van der Waals surface area contributed by atoms with Crippen LogP contribution in [0.4, 0.5) is 13.2 Å². The van der Waals surface area contributed by atoms with Crippen molar-refractivity contribution in [3.63, 3.8) is 0 Å². The van der Waals surface area contributed by atoms with Gasteiger partial charge < -0.3 is 4.74 Å². The Morgan fingerprint density at radius 1 is 1.08 bits per heavy atom. The molecule has 1 aromatic carbocycles. The lowest BCUT2D eigenvalue weighted by molar-refractivity contribution is -0.144. The molecular formula is C15H11F3N4O3S. The molecule has 0 spiro atoms. The molecule has 0 unspecified atom stereocenters. The van der Waals surface area contributed by atoms with Crippen LogP contribution in [0.5, 0.6) is 11.9 Å². The monoisotopic (exact) mass is 384 g/mol. The lowest BCUT2D eigenvalue weighted by atomic mass is 10.3. The average Bonchev–Trinajstić information content (AvgIpc) is 2.99. The lowest BCUT2D eigenvalue weighted by Gasteiger charge is -2.07. The summed E-state index contributed by atoms with van der Waals surface area (Å²) in [6.45, 7) is 0. The molecular weight excluding hydrogens is 373 g/mol. The van der Waals surface area contributed by atoms with Crippen molar-refractivity contribution in [1.29, 1.82) is 0 Å². The Morgan fingerprint density at radius 2 is 1.77 bits per heavy atom. The van der Waals surface area contributed by atoms with E-state index in [0.29, 0.717) is 0 Å². The van der Waals surface area contributed by atoms with Crippen LogP contribution in [0.15, 0.2) is 53.6 Å². The highest BCUT2D eigenvalue weighted by Crippen LogP contribution is 2.30. The fraction of sp³-hybridized carbons (Fsp3) is 0.133. The Hall–Kier alpha value is -2.95. The van der Waals surface area contributed by atoms with E-state index in [2.05, 4.69) is 15.1 Å². The van der Waals surface area contributed by atoms with Gasteiger partial charge in [-0.3, -0.25) is 0 Å². The average molecular weight is 384 g/mol. The van der Waals surface area contributed by atoms with Gasteiger partial charge in [0.1, 0.15) is 0 Å². The number of alkyl halides is 3. The van der Waals surface area contributed by atoms with Crippen LogP contribution in [-0.4, -0.2) is 34.4 Å². The number of aromatic nitrogens is 4. The molecule has 0 saturated heterocycles. The van der Waals surface area contributed by atoms with Gasteiger partial charge in [-0.2, -0.15) is 22.8 Å². The topological polar surface area (TPSA) is 87.0 Å². The van der Waals surface area contributed by atoms with Gasteiger partial charge in [-0.05, 0) is 30.3 Å². The van der Waals surface area contributed by atoms with Gasteiger partial charge in [0, 0.05) is 18.5 Å². The summed E-state index contributed by atoms with van der Waals surface area (Å²) in [6, 6.07) is 9.31. The standard InChI is InChI=1S/C15H11F3N4O3S/c1-26(23,24)11-7-5-10(6-8-11)22-14(20-13(21-22)15(16,17)18)25-12-4-2-3-9-19-12/h2-9H,1H3. The molecule has 3 aromatic rings. The predicted octanol–water partition coefficient (Wildman–Crippen LogP) is 2.88. The van der Waals surface area contributed by atoms with E-state index in [1.54, 1.807) is 12.1 Å². The van der Waals surface area contributed by atoms with Crippen LogP contribution in [0, 0.1) is 0 Å². The van der Waals surface area contributed by atoms with Crippen LogP contribution >= 0.6 is 0 Å².